The lowest BCUT2D eigenvalue weighted by Crippen LogP contribution is -2.52. The summed E-state index contributed by atoms with van der Waals surface area (Å²) in [7, 11) is 0. The number of rotatable bonds is 6. The number of carboxylic acid groups (broad SMARTS) is 1. The minimum absolute atomic E-state index is 0.0409. The second-order valence-electron chi connectivity index (χ2n) is 10.6. The smallest absolute Gasteiger partial charge is 0.345 e. The first-order valence-electron chi connectivity index (χ1n) is 11.8. The van der Waals surface area contributed by atoms with Crippen molar-refractivity contribution in [1.82, 2.24) is 5.32 Å². The number of thiophene rings is 1. The van der Waals surface area contributed by atoms with Crippen LogP contribution in [0, 0.1) is 17.0 Å². The molecule has 4 unspecified atom stereocenters. The highest BCUT2D eigenvalue weighted by Gasteiger charge is 2.58. The van der Waals surface area contributed by atoms with Crippen molar-refractivity contribution in [3.63, 3.8) is 0 Å². The van der Waals surface area contributed by atoms with Gasteiger partial charge in [0, 0.05) is 22.5 Å². The third-order valence-corrected chi connectivity index (χ3v) is 8.20. The van der Waals surface area contributed by atoms with Gasteiger partial charge in [0.05, 0.1) is 21.6 Å². The van der Waals surface area contributed by atoms with Crippen molar-refractivity contribution >= 4 is 51.4 Å². The van der Waals surface area contributed by atoms with Gasteiger partial charge in [-0.05, 0) is 47.7 Å². The van der Waals surface area contributed by atoms with E-state index in [0.717, 1.165) is 17.4 Å². The number of hydrogen-bond acceptors (Lipinski definition) is 5. The van der Waals surface area contributed by atoms with Gasteiger partial charge in [-0.2, -0.15) is 0 Å². The van der Waals surface area contributed by atoms with Gasteiger partial charge < -0.3 is 21.5 Å². The summed E-state index contributed by atoms with van der Waals surface area (Å²) in [6.07, 6.45) is 0.413. The minimum Gasteiger partial charge on any atom is -0.477 e. The molecule has 3 aromatic rings. The number of amides is 1. The van der Waals surface area contributed by atoms with Crippen LogP contribution in [0.1, 0.15) is 53.9 Å². The van der Waals surface area contributed by atoms with E-state index in [4.69, 9.17) is 28.9 Å². The Morgan fingerprint density at radius 3 is 2.47 bits per heavy atom. The summed E-state index contributed by atoms with van der Waals surface area (Å²) in [6.45, 7) is 5.94. The summed E-state index contributed by atoms with van der Waals surface area (Å²) in [5.41, 5.74) is 5.35. The molecule has 5 N–H and O–H groups in total. The molecule has 6 nitrogen and oxygen atoms in total. The number of anilines is 1. The van der Waals surface area contributed by atoms with Gasteiger partial charge in [0.2, 0.25) is 5.91 Å². The van der Waals surface area contributed by atoms with Gasteiger partial charge >= 0.3 is 5.97 Å². The Morgan fingerprint density at radius 1 is 1.16 bits per heavy atom. The topological polar surface area (TPSA) is 104 Å². The van der Waals surface area contributed by atoms with Crippen LogP contribution < -0.4 is 16.4 Å². The van der Waals surface area contributed by atoms with Gasteiger partial charge in [0.1, 0.15) is 16.5 Å². The molecular formula is C27H27Cl2F2N3O3S. The summed E-state index contributed by atoms with van der Waals surface area (Å²) in [4.78, 5) is 25.0. The highest BCUT2D eigenvalue weighted by Crippen LogP contribution is 2.50. The summed E-state index contributed by atoms with van der Waals surface area (Å²) in [5.74, 6) is -4.24. The second-order valence-corrected chi connectivity index (χ2v) is 12.5. The van der Waals surface area contributed by atoms with E-state index >= 15 is 8.78 Å². The molecule has 0 radical (unpaired) electrons. The van der Waals surface area contributed by atoms with Crippen molar-refractivity contribution in [2.75, 3.05) is 5.32 Å². The highest BCUT2D eigenvalue weighted by atomic mass is 35.5. The molecule has 2 aromatic carbocycles. The molecule has 1 aromatic heterocycles. The van der Waals surface area contributed by atoms with E-state index in [-0.39, 0.29) is 31.5 Å². The zero-order chi connectivity index (χ0) is 28.0. The quantitative estimate of drug-likeness (QED) is 0.270. The van der Waals surface area contributed by atoms with Gasteiger partial charge in [-0.15, -0.1) is 11.3 Å². The van der Waals surface area contributed by atoms with E-state index in [9.17, 15) is 14.7 Å². The summed E-state index contributed by atoms with van der Waals surface area (Å²) >= 11 is 13.0. The van der Waals surface area contributed by atoms with Crippen LogP contribution in [0.4, 0.5) is 13.8 Å². The maximum Gasteiger partial charge on any atom is 0.345 e. The molecule has 11 heteroatoms. The fourth-order valence-corrected chi connectivity index (χ4v) is 6.21. The first-order valence-corrected chi connectivity index (χ1v) is 13.4. The van der Waals surface area contributed by atoms with Gasteiger partial charge in [-0.25, -0.2) is 13.6 Å². The first kappa shape index (κ1) is 28.4. The zero-order valence-electron chi connectivity index (χ0n) is 20.8. The number of aromatic carboxylic acids is 1. The lowest BCUT2D eigenvalue weighted by molar-refractivity contribution is -0.118. The number of carbonyl (C=O) groups excluding carboxylic acids is 1. The number of carboxylic acids is 1. The predicted molar refractivity (Wildman–Crippen MR) is 146 cm³/mol. The fourth-order valence-electron chi connectivity index (χ4n) is 5.12. The van der Waals surface area contributed by atoms with Crippen LogP contribution in [-0.4, -0.2) is 29.1 Å². The maximum absolute atomic E-state index is 15.6. The molecule has 0 saturated carbocycles. The molecule has 1 amide bonds. The minimum atomic E-state index is -1.60. The molecule has 0 bridgehead atoms. The number of nitrogens with one attached hydrogen (secondary N) is 2. The molecule has 2 heterocycles. The zero-order valence-corrected chi connectivity index (χ0v) is 23.1. The van der Waals surface area contributed by atoms with Crippen molar-refractivity contribution in [3.8, 4) is 0 Å². The standard InChI is InChI=1S/C27H27Cl2F2N3O3S/c1-26(2,3)12-19-27(32,15-8-7-13(28)11-17(15)30)21(14-5-4-6-16(29)22(14)31)23(33-19)24(35)34-20-10-9-18(38-20)25(36)37/h4-11,19,21,23,33H,12,32H2,1-3H3,(H,34,35)(H,36,37). The Bertz CT molecular complexity index is 1390. The van der Waals surface area contributed by atoms with Crippen molar-refractivity contribution < 1.29 is 23.5 Å². The first-order chi connectivity index (χ1) is 17.7. The molecule has 0 aliphatic carbocycles. The van der Waals surface area contributed by atoms with E-state index in [1.807, 2.05) is 20.8 Å². The lowest BCUT2D eigenvalue weighted by atomic mass is 9.68. The number of carbonyl (C=O) groups is 2. The van der Waals surface area contributed by atoms with Gasteiger partial charge in [0.25, 0.3) is 0 Å². The second kappa shape index (κ2) is 10.5. The van der Waals surface area contributed by atoms with Crippen molar-refractivity contribution in [3.05, 3.63) is 86.2 Å². The van der Waals surface area contributed by atoms with E-state index in [1.165, 1.54) is 36.4 Å². The van der Waals surface area contributed by atoms with Crippen LogP contribution >= 0.6 is 34.5 Å². The Labute approximate surface area is 233 Å². The molecule has 4 atom stereocenters. The molecule has 1 aliphatic heterocycles. The highest BCUT2D eigenvalue weighted by molar-refractivity contribution is 7.18. The average Bonchev–Trinajstić information content (AvgIpc) is 3.38. The molecule has 1 fully saturated rings. The van der Waals surface area contributed by atoms with Crippen LogP contribution in [0.2, 0.25) is 10.0 Å². The number of hydrogen-bond donors (Lipinski definition) is 4. The number of nitrogens with two attached hydrogens (primary N) is 1. The average molecular weight is 583 g/mol. The Kier molecular flexibility index (Phi) is 7.89. The summed E-state index contributed by atoms with van der Waals surface area (Å²) in [6, 6.07) is 9.56. The van der Waals surface area contributed by atoms with E-state index < -0.39 is 47.1 Å². The normalized spacial score (nSPS) is 23.4. The Balaban J connectivity index is 1.89. The molecule has 38 heavy (non-hydrogen) atoms. The van der Waals surface area contributed by atoms with Crippen LogP contribution in [0.15, 0.2) is 48.5 Å². The summed E-state index contributed by atoms with van der Waals surface area (Å²) in [5, 5.41) is 15.5. The third-order valence-electron chi connectivity index (χ3n) is 6.68. The lowest BCUT2D eigenvalue weighted by Gasteiger charge is -2.40. The van der Waals surface area contributed by atoms with Crippen LogP contribution in [0.3, 0.4) is 0 Å². The van der Waals surface area contributed by atoms with Gasteiger partial charge in [0.15, 0.2) is 0 Å². The van der Waals surface area contributed by atoms with Crippen LogP contribution in [0.25, 0.3) is 0 Å². The third kappa shape index (κ3) is 5.44. The molecular weight excluding hydrogens is 555 g/mol. The van der Waals surface area contributed by atoms with E-state index in [2.05, 4.69) is 10.6 Å². The van der Waals surface area contributed by atoms with Gasteiger partial charge in [-0.3, -0.25) is 4.79 Å². The van der Waals surface area contributed by atoms with Crippen molar-refractivity contribution in [1.29, 1.82) is 0 Å². The monoisotopic (exact) mass is 581 g/mol. The largest absolute Gasteiger partial charge is 0.477 e. The van der Waals surface area contributed by atoms with Gasteiger partial charge in [-0.1, -0.05) is 62.2 Å². The van der Waals surface area contributed by atoms with E-state index in [0.29, 0.717) is 11.4 Å². The van der Waals surface area contributed by atoms with E-state index in [1.54, 1.807) is 6.07 Å². The molecule has 0 spiro atoms. The number of halogens is 4. The Morgan fingerprint density at radius 2 is 1.87 bits per heavy atom. The molecule has 4 rings (SSSR count). The SMILES string of the molecule is CC(C)(C)CC1NC(C(=O)Nc2ccc(C(=O)O)s2)C(c2cccc(Cl)c2F)C1(N)c1ccc(Cl)cc1F. The number of benzene rings is 2. The molecule has 202 valence electrons. The predicted octanol–water partition coefficient (Wildman–Crippen LogP) is 6.38. The fraction of sp³-hybridized carbons (Fsp3) is 0.333. The Hall–Kier alpha value is -2.56. The van der Waals surface area contributed by atoms with Crippen molar-refractivity contribution in [2.45, 2.75) is 50.7 Å². The van der Waals surface area contributed by atoms with Crippen LogP contribution in [-0.2, 0) is 10.3 Å². The summed E-state index contributed by atoms with van der Waals surface area (Å²) < 4.78 is 31.1. The molecule has 1 saturated heterocycles. The maximum atomic E-state index is 15.6. The molecule has 1 aliphatic rings. The van der Waals surface area contributed by atoms with Crippen molar-refractivity contribution in [2.24, 2.45) is 11.1 Å². The van der Waals surface area contributed by atoms with Crippen LogP contribution in [0.5, 0.6) is 0 Å².